The van der Waals surface area contributed by atoms with Crippen molar-refractivity contribution in [1.82, 2.24) is 19.4 Å². The van der Waals surface area contributed by atoms with E-state index in [4.69, 9.17) is 11.6 Å². The number of nitrogens with zero attached hydrogens (tertiary/aromatic N) is 3. The Labute approximate surface area is 181 Å². The van der Waals surface area contributed by atoms with Crippen LogP contribution in [0.5, 0.6) is 0 Å². The van der Waals surface area contributed by atoms with Gasteiger partial charge in [-0.25, -0.2) is 14.2 Å². The van der Waals surface area contributed by atoms with Gasteiger partial charge in [0.15, 0.2) is 5.65 Å². The van der Waals surface area contributed by atoms with Crippen LogP contribution >= 0.6 is 11.6 Å². The van der Waals surface area contributed by atoms with Gasteiger partial charge < -0.3 is 4.90 Å². The summed E-state index contributed by atoms with van der Waals surface area (Å²) in [7, 11) is 2.01. The van der Waals surface area contributed by atoms with E-state index < -0.39 is 17.1 Å². The van der Waals surface area contributed by atoms with E-state index in [1.165, 1.54) is 4.57 Å². The van der Waals surface area contributed by atoms with Crippen LogP contribution in [0.3, 0.4) is 0 Å². The number of hydrogen-bond acceptors (Lipinski definition) is 4. The number of hydrogen-bond donors (Lipinski definition) is 1. The number of halogens is 2. The molecule has 0 bridgehead atoms. The van der Waals surface area contributed by atoms with Gasteiger partial charge in [0.1, 0.15) is 11.5 Å². The van der Waals surface area contributed by atoms with Crippen molar-refractivity contribution in [1.29, 1.82) is 0 Å². The predicted octanol–water partition coefficient (Wildman–Crippen LogP) is 3.79. The molecule has 1 saturated heterocycles. The van der Waals surface area contributed by atoms with Gasteiger partial charge >= 0.3 is 5.69 Å². The molecule has 0 unspecified atom stereocenters. The molecule has 5 rings (SSSR count). The van der Waals surface area contributed by atoms with Gasteiger partial charge in [-0.1, -0.05) is 41.9 Å². The molecule has 0 spiro atoms. The van der Waals surface area contributed by atoms with Crippen molar-refractivity contribution in [3.63, 3.8) is 0 Å². The summed E-state index contributed by atoms with van der Waals surface area (Å²) in [5, 5.41) is 2.05. The third-order valence-corrected chi connectivity index (χ3v) is 6.41. The largest absolute Gasteiger partial charge is 0.330 e. The number of H-pyrrole nitrogens is 1. The van der Waals surface area contributed by atoms with Crippen LogP contribution in [0.1, 0.15) is 12.8 Å². The lowest BCUT2D eigenvalue weighted by Crippen LogP contribution is -2.37. The normalized spacial score (nSPS) is 17.1. The number of nitrogens with one attached hydrogen (secondary N) is 1. The highest BCUT2D eigenvalue weighted by Gasteiger charge is 2.24. The molecule has 1 aliphatic rings. The molecule has 2 aromatic carbocycles. The molecule has 4 aromatic rings. The van der Waals surface area contributed by atoms with Gasteiger partial charge in [-0.05, 0) is 44.0 Å². The minimum Gasteiger partial charge on any atom is -0.302 e. The third kappa shape index (κ3) is 3.34. The van der Waals surface area contributed by atoms with Crippen LogP contribution < -0.4 is 11.2 Å². The average molecular weight is 439 g/mol. The zero-order valence-electron chi connectivity index (χ0n) is 16.9. The molecule has 158 valence electrons. The smallest absolute Gasteiger partial charge is 0.302 e. The number of aromatic nitrogens is 3. The van der Waals surface area contributed by atoms with Crippen LogP contribution in [-0.2, 0) is 6.54 Å². The standard InChI is InChI=1S/C23H20ClFN4O2/c1-28-10-4-7-14(28)12-29-21-16(22(30)27-23(29)31)11-18(25)20(26-21)15-8-2-5-13-6-3-9-17(24)19(13)15/h2-3,5-6,8-9,11,14H,4,7,10,12H2,1H3,(H,27,30,31)/t14-/m0/s1. The number of benzene rings is 2. The first-order valence-electron chi connectivity index (χ1n) is 10.2. The van der Waals surface area contributed by atoms with E-state index in [0.717, 1.165) is 30.8 Å². The predicted molar refractivity (Wildman–Crippen MR) is 120 cm³/mol. The van der Waals surface area contributed by atoms with Crippen molar-refractivity contribution in [3.8, 4) is 11.3 Å². The number of aromatic amines is 1. The molecule has 31 heavy (non-hydrogen) atoms. The van der Waals surface area contributed by atoms with E-state index >= 15 is 4.39 Å². The lowest BCUT2D eigenvalue weighted by atomic mass is 10.0. The summed E-state index contributed by atoms with van der Waals surface area (Å²) in [4.78, 5) is 34.1. The van der Waals surface area contributed by atoms with E-state index in [-0.39, 0.29) is 22.8 Å². The molecule has 1 N–H and O–H groups in total. The molecule has 0 radical (unpaired) electrons. The molecule has 0 aliphatic carbocycles. The maximum Gasteiger partial charge on any atom is 0.330 e. The van der Waals surface area contributed by atoms with Crippen molar-refractivity contribution in [2.45, 2.75) is 25.4 Å². The molecular formula is C23H20ClFN4O2. The molecule has 2 aromatic heterocycles. The number of likely N-dealkylation sites (tertiary alicyclic amines) is 1. The Kier molecular flexibility index (Phi) is 4.87. The van der Waals surface area contributed by atoms with Crippen LogP contribution in [0.25, 0.3) is 33.1 Å². The number of likely N-dealkylation sites (N-methyl/N-ethyl adjacent to an activating group) is 1. The molecule has 1 fully saturated rings. The van der Waals surface area contributed by atoms with Gasteiger partial charge in [0.2, 0.25) is 0 Å². The highest BCUT2D eigenvalue weighted by atomic mass is 35.5. The maximum absolute atomic E-state index is 15.2. The Balaban J connectivity index is 1.78. The van der Waals surface area contributed by atoms with Gasteiger partial charge in [0.05, 0.1) is 5.39 Å². The molecule has 8 heteroatoms. The fourth-order valence-electron chi connectivity index (χ4n) is 4.45. The van der Waals surface area contributed by atoms with Crippen LogP contribution in [0, 0.1) is 5.82 Å². The Hall–Kier alpha value is -3.03. The molecule has 1 atom stereocenters. The summed E-state index contributed by atoms with van der Waals surface area (Å²) in [6.45, 7) is 1.32. The van der Waals surface area contributed by atoms with E-state index in [2.05, 4.69) is 14.9 Å². The molecule has 6 nitrogen and oxygen atoms in total. The van der Waals surface area contributed by atoms with E-state index in [0.29, 0.717) is 22.5 Å². The number of rotatable bonds is 3. The first kappa shape index (κ1) is 19.9. The second kappa shape index (κ2) is 7.59. The average Bonchev–Trinajstić information content (AvgIpc) is 3.15. The van der Waals surface area contributed by atoms with Crippen LogP contribution in [0.2, 0.25) is 5.02 Å². The maximum atomic E-state index is 15.2. The van der Waals surface area contributed by atoms with Gasteiger partial charge in [-0.15, -0.1) is 0 Å². The zero-order valence-corrected chi connectivity index (χ0v) is 17.6. The van der Waals surface area contributed by atoms with Crippen LogP contribution in [0.4, 0.5) is 4.39 Å². The summed E-state index contributed by atoms with van der Waals surface area (Å²) in [6, 6.07) is 12.2. The summed E-state index contributed by atoms with van der Waals surface area (Å²) in [6.07, 6.45) is 1.98. The summed E-state index contributed by atoms with van der Waals surface area (Å²) >= 11 is 6.43. The summed E-state index contributed by atoms with van der Waals surface area (Å²) in [5.41, 5.74) is -0.442. The second-order valence-corrected chi connectivity index (χ2v) is 8.39. The van der Waals surface area contributed by atoms with E-state index in [1.54, 1.807) is 18.2 Å². The monoisotopic (exact) mass is 438 g/mol. The summed E-state index contributed by atoms with van der Waals surface area (Å²) < 4.78 is 16.6. The fourth-order valence-corrected chi connectivity index (χ4v) is 4.74. The Morgan fingerprint density at radius 2 is 2.00 bits per heavy atom. The molecular weight excluding hydrogens is 419 g/mol. The first-order valence-corrected chi connectivity index (χ1v) is 10.5. The van der Waals surface area contributed by atoms with Crippen molar-refractivity contribution in [2.24, 2.45) is 0 Å². The van der Waals surface area contributed by atoms with E-state index in [9.17, 15) is 9.59 Å². The van der Waals surface area contributed by atoms with Gasteiger partial charge in [-0.2, -0.15) is 0 Å². The highest BCUT2D eigenvalue weighted by Crippen LogP contribution is 2.34. The van der Waals surface area contributed by atoms with Gasteiger partial charge in [0.25, 0.3) is 5.56 Å². The Bertz CT molecular complexity index is 1440. The molecule has 0 amide bonds. The van der Waals surface area contributed by atoms with Gasteiger partial charge in [-0.3, -0.25) is 14.3 Å². The minimum absolute atomic E-state index is 0.0489. The fraction of sp³-hybridized carbons (Fsp3) is 0.261. The highest BCUT2D eigenvalue weighted by molar-refractivity contribution is 6.36. The lowest BCUT2D eigenvalue weighted by Gasteiger charge is -2.21. The summed E-state index contributed by atoms with van der Waals surface area (Å²) in [5.74, 6) is -0.645. The Morgan fingerprint density at radius 3 is 2.74 bits per heavy atom. The Morgan fingerprint density at radius 1 is 1.23 bits per heavy atom. The van der Waals surface area contributed by atoms with Crippen molar-refractivity contribution < 1.29 is 4.39 Å². The topological polar surface area (TPSA) is 71.0 Å². The lowest BCUT2D eigenvalue weighted by molar-refractivity contribution is 0.281. The van der Waals surface area contributed by atoms with Crippen LogP contribution in [-0.4, -0.2) is 39.1 Å². The van der Waals surface area contributed by atoms with E-state index in [1.807, 2.05) is 25.2 Å². The molecule has 1 aliphatic heterocycles. The zero-order chi connectivity index (χ0) is 21.7. The van der Waals surface area contributed by atoms with Gasteiger partial charge in [0, 0.05) is 28.6 Å². The first-order chi connectivity index (χ1) is 14.9. The van der Waals surface area contributed by atoms with Crippen LogP contribution in [0.15, 0.2) is 52.1 Å². The third-order valence-electron chi connectivity index (χ3n) is 6.10. The molecule has 3 heterocycles. The van der Waals surface area contributed by atoms with Crippen molar-refractivity contribution in [2.75, 3.05) is 13.6 Å². The molecule has 0 saturated carbocycles. The quantitative estimate of drug-likeness (QED) is 0.528. The van der Waals surface area contributed by atoms with Crippen molar-refractivity contribution >= 4 is 33.4 Å². The van der Waals surface area contributed by atoms with Crippen molar-refractivity contribution in [3.05, 3.63) is 74.1 Å². The SMILES string of the molecule is CN1CCC[C@H]1Cn1c(=O)[nH]c(=O)c2cc(F)c(-c3cccc4cccc(Cl)c34)nc21. The number of pyridine rings is 1. The second-order valence-electron chi connectivity index (χ2n) is 7.98. The number of fused-ring (bicyclic) bond motifs is 2. The minimum atomic E-state index is -0.648.